The van der Waals surface area contributed by atoms with Gasteiger partial charge in [-0.15, -0.1) is 0 Å². The Bertz CT molecular complexity index is 406. The van der Waals surface area contributed by atoms with Gasteiger partial charge in [0.05, 0.1) is 0 Å². The normalized spacial score (nSPS) is 15.4. The molecule has 0 spiro atoms. The number of rotatable bonds is 4. The van der Waals surface area contributed by atoms with Crippen LogP contribution in [0.15, 0.2) is 12.1 Å². The van der Waals surface area contributed by atoms with Crippen molar-refractivity contribution in [2.45, 2.75) is 59.4 Å². The second-order valence-electron chi connectivity index (χ2n) is 6.85. The van der Waals surface area contributed by atoms with Crippen molar-refractivity contribution in [1.82, 2.24) is 0 Å². The van der Waals surface area contributed by atoms with E-state index in [-0.39, 0.29) is 11.5 Å². The quantitative estimate of drug-likeness (QED) is 0.871. The summed E-state index contributed by atoms with van der Waals surface area (Å²) in [6, 6.07) is 4.66. The van der Waals surface area contributed by atoms with E-state index >= 15 is 0 Å². The summed E-state index contributed by atoms with van der Waals surface area (Å²) in [5, 5.41) is 0. The van der Waals surface area contributed by atoms with Crippen LogP contribution in [0.4, 0.5) is 0 Å². The summed E-state index contributed by atoms with van der Waals surface area (Å²) < 4.78 is 0. The summed E-state index contributed by atoms with van der Waals surface area (Å²) >= 11 is 0. The SMILES string of the molecule is Cc1cc(C(C)(C)C)cc(C)c1C(N)C(C)CCN. The lowest BCUT2D eigenvalue weighted by molar-refractivity contribution is 0.441. The molecule has 2 unspecified atom stereocenters. The zero-order chi connectivity index (χ0) is 14.8. The predicted octanol–water partition coefficient (Wildman–Crippen LogP) is 3.59. The lowest BCUT2D eigenvalue weighted by Crippen LogP contribution is -2.24. The Hall–Kier alpha value is -0.860. The van der Waals surface area contributed by atoms with Gasteiger partial charge < -0.3 is 11.5 Å². The van der Waals surface area contributed by atoms with Gasteiger partial charge in [-0.3, -0.25) is 0 Å². The Balaban J connectivity index is 3.17. The molecule has 0 radical (unpaired) electrons. The molecule has 0 heterocycles. The van der Waals surface area contributed by atoms with Gasteiger partial charge in [0.25, 0.3) is 0 Å². The van der Waals surface area contributed by atoms with Gasteiger partial charge in [0, 0.05) is 6.04 Å². The first-order valence-corrected chi connectivity index (χ1v) is 7.25. The van der Waals surface area contributed by atoms with E-state index in [0.29, 0.717) is 12.5 Å². The third kappa shape index (κ3) is 3.80. The van der Waals surface area contributed by atoms with Crippen molar-refractivity contribution in [1.29, 1.82) is 0 Å². The molecule has 2 atom stereocenters. The highest BCUT2D eigenvalue weighted by molar-refractivity contribution is 5.42. The molecule has 1 aromatic carbocycles. The van der Waals surface area contributed by atoms with E-state index < -0.39 is 0 Å². The van der Waals surface area contributed by atoms with Crippen LogP contribution < -0.4 is 11.5 Å². The molecule has 2 heteroatoms. The van der Waals surface area contributed by atoms with Crippen LogP contribution in [-0.2, 0) is 5.41 Å². The van der Waals surface area contributed by atoms with Gasteiger partial charge in [-0.2, -0.15) is 0 Å². The van der Waals surface area contributed by atoms with Crippen LogP contribution in [0, 0.1) is 19.8 Å². The molecule has 0 aliphatic rings. The van der Waals surface area contributed by atoms with Gasteiger partial charge >= 0.3 is 0 Å². The lowest BCUT2D eigenvalue weighted by Gasteiger charge is -2.27. The molecular weight excluding hydrogens is 232 g/mol. The zero-order valence-electron chi connectivity index (χ0n) is 13.4. The number of aryl methyl sites for hydroxylation is 2. The van der Waals surface area contributed by atoms with Gasteiger partial charge in [0.1, 0.15) is 0 Å². The summed E-state index contributed by atoms with van der Waals surface area (Å²) in [6.07, 6.45) is 0.973. The van der Waals surface area contributed by atoms with E-state index in [4.69, 9.17) is 11.5 Å². The van der Waals surface area contributed by atoms with Crippen molar-refractivity contribution in [3.63, 3.8) is 0 Å². The third-order valence-corrected chi connectivity index (χ3v) is 4.03. The number of hydrogen-bond donors (Lipinski definition) is 2. The average molecular weight is 262 g/mol. The number of benzene rings is 1. The van der Waals surface area contributed by atoms with E-state index in [1.54, 1.807) is 0 Å². The van der Waals surface area contributed by atoms with Gasteiger partial charge in [0.15, 0.2) is 0 Å². The molecule has 0 bridgehead atoms. The highest BCUT2D eigenvalue weighted by Gasteiger charge is 2.21. The van der Waals surface area contributed by atoms with Gasteiger partial charge in [0.2, 0.25) is 0 Å². The molecule has 4 N–H and O–H groups in total. The molecular formula is C17H30N2. The molecule has 19 heavy (non-hydrogen) atoms. The second-order valence-corrected chi connectivity index (χ2v) is 6.85. The first-order chi connectivity index (χ1) is 8.68. The van der Waals surface area contributed by atoms with Crippen LogP contribution in [0.25, 0.3) is 0 Å². The smallest absolute Gasteiger partial charge is 0.0326 e. The zero-order valence-corrected chi connectivity index (χ0v) is 13.4. The van der Waals surface area contributed by atoms with Crippen molar-refractivity contribution in [3.8, 4) is 0 Å². The highest BCUT2D eigenvalue weighted by atomic mass is 14.7. The minimum Gasteiger partial charge on any atom is -0.330 e. The predicted molar refractivity (Wildman–Crippen MR) is 84.4 cm³/mol. The van der Waals surface area contributed by atoms with Crippen molar-refractivity contribution < 1.29 is 0 Å². The minimum absolute atomic E-state index is 0.0811. The molecule has 0 aliphatic carbocycles. The second kappa shape index (κ2) is 6.06. The number of hydrogen-bond acceptors (Lipinski definition) is 2. The Labute approximate surface area is 118 Å². The molecule has 2 nitrogen and oxygen atoms in total. The standard InChI is InChI=1S/C17H30N2/c1-11(7-8-18)16(19)15-12(2)9-14(10-13(15)3)17(4,5)6/h9-11,16H,7-8,18-19H2,1-6H3. The molecule has 0 saturated carbocycles. The van der Waals surface area contributed by atoms with Crippen LogP contribution >= 0.6 is 0 Å². The van der Waals surface area contributed by atoms with Crippen LogP contribution in [-0.4, -0.2) is 6.54 Å². The van der Waals surface area contributed by atoms with E-state index in [2.05, 4.69) is 53.7 Å². The first kappa shape index (κ1) is 16.2. The first-order valence-electron chi connectivity index (χ1n) is 7.25. The van der Waals surface area contributed by atoms with Crippen molar-refractivity contribution in [3.05, 3.63) is 34.4 Å². The molecule has 1 aromatic rings. The summed E-state index contributed by atoms with van der Waals surface area (Å²) in [5.74, 6) is 0.419. The van der Waals surface area contributed by atoms with Gasteiger partial charge in [-0.1, -0.05) is 39.8 Å². The Morgan fingerprint density at radius 2 is 1.58 bits per heavy atom. The summed E-state index contributed by atoms with van der Waals surface area (Å²) in [7, 11) is 0. The molecule has 108 valence electrons. The minimum atomic E-state index is 0.0811. The van der Waals surface area contributed by atoms with Crippen LogP contribution in [0.3, 0.4) is 0 Å². The van der Waals surface area contributed by atoms with Crippen molar-refractivity contribution >= 4 is 0 Å². The fraction of sp³-hybridized carbons (Fsp3) is 0.647. The summed E-state index contributed by atoms with van der Waals surface area (Å²) in [6.45, 7) is 14.0. The Kier molecular flexibility index (Phi) is 5.17. The molecule has 0 aliphatic heterocycles. The van der Waals surface area contributed by atoms with Crippen molar-refractivity contribution in [2.75, 3.05) is 6.54 Å². The summed E-state index contributed by atoms with van der Waals surface area (Å²) in [4.78, 5) is 0. The fourth-order valence-corrected chi connectivity index (χ4v) is 2.66. The van der Waals surface area contributed by atoms with E-state index in [1.165, 1.54) is 22.3 Å². The lowest BCUT2D eigenvalue weighted by atomic mass is 9.81. The molecule has 1 rings (SSSR count). The topological polar surface area (TPSA) is 52.0 Å². The van der Waals surface area contributed by atoms with E-state index in [0.717, 1.165) is 6.42 Å². The Morgan fingerprint density at radius 1 is 1.11 bits per heavy atom. The molecule has 0 amide bonds. The maximum absolute atomic E-state index is 6.43. The molecule has 0 fully saturated rings. The average Bonchev–Trinajstić information content (AvgIpc) is 2.26. The summed E-state index contributed by atoms with van der Waals surface area (Å²) in [5.41, 5.74) is 17.6. The largest absolute Gasteiger partial charge is 0.330 e. The highest BCUT2D eigenvalue weighted by Crippen LogP contribution is 2.32. The monoisotopic (exact) mass is 262 g/mol. The van der Waals surface area contributed by atoms with Crippen LogP contribution in [0.1, 0.15) is 62.4 Å². The van der Waals surface area contributed by atoms with Gasteiger partial charge in [-0.05, 0) is 60.4 Å². The third-order valence-electron chi connectivity index (χ3n) is 4.03. The van der Waals surface area contributed by atoms with Crippen molar-refractivity contribution in [2.24, 2.45) is 17.4 Å². The maximum atomic E-state index is 6.43. The van der Waals surface area contributed by atoms with Crippen LogP contribution in [0.2, 0.25) is 0 Å². The van der Waals surface area contributed by atoms with E-state index in [9.17, 15) is 0 Å². The fourth-order valence-electron chi connectivity index (χ4n) is 2.66. The van der Waals surface area contributed by atoms with Gasteiger partial charge in [-0.25, -0.2) is 0 Å². The van der Waals surface area contributed by atoms with E-state index in [1.807, 2.05) is 0 Å². The van der Waals surface area contributed by atoms with Crippen LogP contribution in [0.5, 0.6) is 0 Å². The number of nitrogens with two attached hydrogens (primary N) is 2. The molecule has 0 aromatic heterocycles. The Morgan fingerprint density at radius 3 is 1.95 bits per heavy atom. The maximum Gasteiger partial charge on any atom is 0.0326 e. The molecule has 0 saturated heterocycles.